The van der Waals surface area contributed by atoms with Crippen LogP contribution in [0.3, 0.4) is 0 Å². The topological polar surface area (TPSA) is 0 Å². The van der Waals surface area contributed by atoms with Gasteiger partial charge >= 0.3 is 0 Å². The van der Waals surface area contributed by atoms with E-state index in [2.05, 4.69) is 147 Å². The van der Waals surface area contributed by atoms with E-state index in [9.17, 15) is 0 Å². The van der Waals surface area contributed by atoms with Gasteiger partial charge in [-0.15, -0.1) is 0 Å². The Hall–Kier alpha value is -4.42. The molecule has 0 aliphatic heterocycles. The van der Waals surface area contributed by atoms with Gasteiger partial charge < -0.3 is 0 Å². The molecule has 0 saturated carbocycles. The van der Waals surface area contributed by atoms with Crippen LogP contribution in [0.15, 0.2) is 133 Å². The minimum absolute atomic E-state index is 0.188. The van der Waals surface area contributed by atoms with Crippen molar-refractivity contribution in [2.45, 2.75) is 19.3 Å². The molecule has 0 saturated heterocycles. The quantitative estimate of drug-likeness (QED) is 0.206. The van der Waals surface area contributed by atoms with Crippen LogP contribution in [0.1, 0.15) is 33.4 Å². The Morgan fingerprint density at radius 2 is 0.892 bits per heavy atom. The van der Waals surface area contributed by atoms with Crippen molar-refractivity contribution in [2.24, 2.45) is 0 Å². The molecule has 0 nitrogen and oxygen atoms in total. The molecule has 37 heavy (non-hydrogen) atoms. The van der Waals surface area contributed by atoms with Crippen LogP contribution in [-0.4, -0.2) is 0 Å². The van der Waals surface area contributed by atoms with E-state index >= 15 is 0 Å². The largest absolute Gasteiger partial charge is 0.0725 e. The zero-order valence-electron chi connectivity index (χ0n) is 21.2. The molecule has 0 atom stereocenters. The fraction of sp³-hybridized carbons (Fsp3) is 0.0811. The second kappa shape index (κ2) is 8.32. The molecule has 2 aliphatic carbocycles. The van der Waals surface area contributed by atoms with Gasteiger partial charge in [0, 0.05) is 0 Å². The normalized spacial score (nSPS) is 13.4. The smallest absolute Gasteiger partial charge is 0.0619 e. The van der Waals surface area contributed by atoms with Gasteiger partial charge in [0.1, 0.15) is 0 Å². The van der Waals surface area contributed by atoms with Gasteiger partial charge in [0.25, 0.3) is 0 Å². The van der Waals surface area contributed by atoms with Gasteiger partial charge in [0.2, 0.25) is 0 Å². The molecule has 0 radical (unpaired) electrons. The van der Waals surface area contributed by atoms with Crippen molar-refractivity contribution in [2.75, 3.05) is 0 Å². The first-order chi connectivity index (χ1) is 18.2. The Balaban J connectivity index is 0.000000176. The first-order valence-corrected chi connectivity index (χ1v) is 13.0. The van der Waals surface area contributed by atoms with E-state index in [0.29, 0.717) is 0 Å². The zero-order chi connectivity index (χ0) is 25.0. The Bertz CT molecular complexity index is 1750. The molecule has 0 aromatic heterocycles. The van der Waals surface area contributed by atoms with Crippen molar-refractivity contribution in [1.29, 1.82) is 0 Å². The molecule has 0 heterocycles. The van der Waals surface area contributed by atoms with Crippen LogP contribution in [0.5, 0.6) is 0 Å². The summed E-state index contributed by atoms with van der Waals surface area (Å²) in [4.78, 5) is 0. The molecule has 176 valence electrons. The van der Waals surface area contributed by atoms with Crippen molar-refractivity contribution in [1.82, 2.24) is 0 Å². The van der Waals surface area contributed by atoms with Gasteiger partial charge in [0.05, 0.1) is 5.41 Å². The summed E-state index contributed by atoms with van der Waals surface area (Å²) in [5.74, 6) is 0. The Morgan fingerprint density at radius 1 is 0.405 bits per heavy atom. The SMILES string of the molecule is Cc1ccc2c(c1)-c1ccccc1C21c2ccccc2-c2ccccc21.Cc1cccc2ccccc12. The minimum atomic E-state index is -0.188. The lowest BCUT2D eigenvalue weighted by Gasteiger charge is -2.30. The van der Waals surface area contributed by atoms with Gasteiger partial charge in [-0.2, -0.15) is 0 Å². The predicted octanol–water partition coefficient (Wildman–Crippen LogP) is 9.49. The maximum Gasteiger partial charge on any atom is 0.0725 e. The fourth-order valence-electron chi connectivity index (χ4n) is 6.60. The lowest BCUT2D eigenvalue weighted by molar-refractivity contribution is 0.793. The summed E-state index contributed by atoms with van der Waals surface area (Å²) in [5, 5.41) is 2.68. The summed E-state index contributed by atoms with van der Waals surface area (Å²) in [6.07, 6.45) is 0. The van der Waals surface area contributed by atoms with Crippen LogP contribution in [0.25, 0.3) is 33.0 Å². The summed E-state index contributed by atoms with van der Waals surface area (Å²) < 4.78 is 0. The van der Waals surface area contributed by atoms with Crippen LogP contribution in [-0.2, 0) is 5.41 Å². The molecular formula is C37H28. The molecule has 1 spiro atoms. The summed E-state index contributed by atoms with van der Waals surface area (Å²) in [7, 11) is 0. The van der Waals surface area contributed by atoms with Gasteiger partial charge in [0.15, 0.2) is 0 Å². The highest BCUT2D eigenvalue weighted by molar-refractivity contribution is 5.95. The molecule has 0 bridgehead atoms. The highest BCUT2D eigenvalue weighted by atomic mass is 14.5. The van der Waals surface area contributed by atoms with Crippen LogP contribution < -0.4 is 0 Å². The highest BCUT2D eigenvalue weighted by Gasteiger charge is 2.51. The molecule has 0 fully saturated rings. The first kappa shape index (κ1) is 21.8. The zero-order valence-corrected chi connectivity index (χ0v) is 21.2. The summed E-state index contributed by atoms with van der Waals surface area (Å²) in [6, 6.07) is 48.6. The third-order valence-electron chi connectivity index (χ3n) is 8.16. The molecular weight excluding hydrogens is 444 g/mol. The third-order valence-corrected chi connectivity index (χ3v) is 8.16. The summed E-state index contributed by atoms with van der Waals surface area (Å²) >= 11 is 0. The average molecular weight is 473 g/mol. The van der Waals surface area contributed by atoms with Crippen molar-refractivity contribution >= 4 is 10.8 Å². The highest BCUT2D eigenvalue weighted by Crippen LogP contribution is 2.62. The van der Waals surface area contributed by atoms with Gasteiger partial charge in [-0.05, 0) is 74.7 Å². The van der Waals surface area contributed by atoms with Crippen LogP contribution in [0.2, 0.25) is 0 Å². The van der Waals surface area contributed by atoms with Gasteiger partial charge in [-0.1, -0.05) is 139 Å². The maximum absolute atomic E-state index is 2.35. The van der Waals surface area contributed by atoms with Crippen molar-refractivity contribution in [3.63, 3.8) is 0 Å². The minimum Gasteiger partial charge on any atom is -0.0619 e. The lowest BCUT2D eigenvalue weighted by Crippen LogP contribution is -2.25. The Morgan fingerprint density at radius 3 is 1.51 bits per heavy atom. The standard InChI is InChI=1S/C26H18.C11H10/c1-17-14-15-25-21(16-17)20-10-4-7-13-24(20)26(25)22-11-5-2-8-18(22)19-9-3-6-12-23(19)26;1-9-5-4-7-10-6-2-3-8-11(9)10/h2-16H,1H3;2-8H,1H3. The van der Waals surface area contributed by atoms with E-state index in [1.807, 2.05) is 0 Å². The second-order valence-corrected chi connectivity index (χ2v) is 10.2. The molecule has 8 rings (SSSR count). The van der Waals surface area contributed by atoms with E-state index in [0.717, 1.165) is 0 Å². The molecule has 6 aromatic carbocycles. The van der Waals surface area contributed by atoms with Crippen LogP contribution >= 0.6 is 0 Å². The van der Waals surface area contributed by atoms with E-state index < -0.39 is 0 Å². The van der Waals surface area contributed by atoms with E-state index in [1.54, 1.807) is 0 Å². The number of hydrogen-bond donors (Lipinski definition) is 0. The van der Waals surface area contributed by atoms with Crippen molar-refractivity contribution in [3.8, 4) is 22.3 Å². The number of aryl methyl sites for hydroxylation is 2. The molecule has 2 aliphatic rings. The number of fused-ring (bicyclic) bond motifs is 11. The van der Waals surface area contributed by atoms with Gasteiger partial charge in [-0.3, -0.25) is 0 Å². The monoisotopic (exact) mass is 472 g/mol. The Labute approximate surface area is 218 Å². The Kier molecular flexibility index (Phi) is 4.91. The van der Waals surface area contributed by atoms with Crippen molar-refractivity contribution < 1.29 is 0 Å². The lowest BCUT2D eigenvalue weighted by atomic mass is 9.70. The van der Waals surface area contributed by atoms with E-state index in [-0.39, 0.29) is 5.41 Å². The number of hydrogen-bond acceptors (Lipinski definition) is 0. The summed E-state index contributed by atoms with van der Waals surface area (Å²) in [5.41, 5.74) is 13.6. The summed E-state index contributed by atoms with van der Waals surface area (Å²) in [6.45, 7) is 4.33. The number of rotatable bonds is 0. The van der Waals surface area contributed by atoms with Crippen molar-refractivity contribution in [3.05, 3.63) is 167 Å². The van der Waals surface area contributed by atoms with Crippen LogP contribution in [0, 0.1) is 13.8 Å². The molecule has 0 N–H and O–H groups in total. The van der Waals surface area contributed by atoms with E-state index in [1.165, 1.54) is 66.4 Å². The maximum atomic E-state index is 2.35. The fourth-order valence-corrected chi connectivity index (χ4v) is 6.60. The molecule has 0 heteroatoms. The second-order valence-electron chi connectivity index (χ2n) is 10.2. The predicted molar refractivity (Wildman–Crippen MR) is 156 cm³/mol. The van der Waals surface area contributed by atoms with E-state index in [4.69, 9.17) is 0 Å². The molecule has 0 unspecified atom stereocenters. The molecule has 6 aromatic rings. The first-order valence-electron chi connectivity index (χ1n) is 13.0. The average Bonchev–Trinajstić information content (AvgIpc) is 3.41. The van der Waals surface area contributed by atoms with Crippen LogP contribution in [0.4, 0.5) is 0 Å². The van der Waals surface area contributed by atoms with Gasteiger partial charge in [-0.25, -0.2) is 0 Å². The number of benzene rings is 6. The third kappa shape index (κ3) is 3.09. The molecule has 0 amide bonds.